The molecule has 3 aromatic carbocycles. The van der Waals surface area contributed by atoms with E-state index in [1.54, 1.807) is 0 Å². The van der Waals surface area contributed by atoms with Crippen molar-refractivity contribution in [3.63, 3.8) is 0 Å². The Labute approximate surface area is 188 Å². The summed E-state index contributed by atoms with van der Waals surface area (Å²) in [6, 6.07) is 26.2. The van der Waals surface area contributed by atoms with Gasteiger partial charge in [0.1, 0.15) is 6.04 Å². The van der Waals surface area contributed by atoms with E-state index in [9.17, 15) is 4.79 Å². The van der Waals surface area contributed by atoms with Gasteiger partial charge in [-0.15, -0.1) is 0 Å². The fraction of sp³-hybridized carbons (Fsp3) is 0.269. The minimum absolute atomic E-state index is 0.194. The average Bonchev–Trinajstić information content (AvgIpc) is 2.82. The predicted octanol–water partition coefficient (Wildman–Crippen LogP) is 4.74. The lowest BCUT2D eigenvalue weighted by Crippen LogP contribution is -2.55. The van der Waals surface area contributed by atoms with Crippen molar-refractivity contribution < 1.29 is 9.53 Å². The summed E-state index contributed by atoms with van der Waals surface area (Å²) < 4.78 is 5.18. The predicted molar refractivity (Wildman–Crippen MR) is 125 cm³/mol. The van der Waals surface area contributed by atoms with Crippen LogP contribution in [0.4, 0.5) is 0 Å². The lowest BCUT2D eigenvalue weighted by atomic mass is 9.96. The largest absolute Gasteiger partial charge is 0.468 e. The zero-order chi connectivity index (χ0) is 21.6. The van der Waals surface area contributed by atoms with Crippen molar-refractivity contribution in [3.05, 3.63) is 95.0 Å². The summed E-state index contributed by atoms with van der Waals surface area (Å²) in [4.78, 5) is 15.0. The second-order valence-electron chi connectivity index (χ2n) is 7.84. The van der Waals surface area contributed by atoms with Gasteiger partial charge in [0, 0.05) is 30.7 Å². The summed E-state index contributed by atoms with van der Waals surface area (Å²) in [6.07, 6.45) is 0.855. The maximum Gasteiger partial charge on any atom is 0.327 e. The van der Waals surface area contributed by atoms with Crippen LogP contribution < -0.4 is 5.32 Å². The number of nitrogens with one attached hydrogen (secondary N) is 1. The van der Waals surface area contributed by atoms with Crippen LogP contribution in [0.1, 0.15) is 17.2 Å². The van der Waals surface area contributed by atoms with Gasteiger partial charge in [-0.1, -0.05) is 78.3 Å². The van der Waals surface area contributed by atoms with Crippen LogP contribution >= 0.6 is 11.6 Å². The van der Waals surface area contributed by atoms with Gasteiger partial charge in [0.2, 0.25) is 0 Å². The van der Waals surface area contributed by atoms with Crippen LogP contribution in [-0.4, -0.2) is 43.7 Å². The van der Waals surface area contributed by atoms with Gasteiger partial charge in [0.05, 0.1) is 7.11 Å². The number of carbonyl (C=O) groups is 1. The molecule has 1 fully saturated rings. The van der Waals surface area contributed by atoms with Gasteiger partial charge in [-0.05, 0) is 40.8 Å². The molecule has 1 saturated heterocycles. The fourth-order valence-electron chi connectivity index (χ4n) is 4.26. The van der Waals surface area contributed by atoms with Crippen LogP contribution in [-0.2, 0) is 16.0 Å². The minimum atomic E-state index is -0.397. The Morgan fingerprint density at radius 2 is 1.68 bits per heavy atom. The van der Waals surface area contributed by atoms with Crippen LogP contribution in [0, 0.1) is 0 Å². The quantitative estimate of drug-likeness (QED) is 0.569. The van der Waals surface area contributed by atoms with Crippen molar-refractivity contribution in [1.82, 2.24) is 10.2 Å². The van der Waals surface area contributed by atoms with Crippen molar-refractivity contribution in [2.24, 2.45) is 0 Å². The molecule has 4 rings (SSSR count). The molecule has 0 saturated carbocycles. The third-order valence-corrected chi connectivity index (χ3v) is 6.12. The molecule has 1 aliphatic rings. The summed E-state index contributed by atoms with van der Waals surface area (Å²) in [5, 5.41) is 4.22. The highest BCUT2D eigenvalue weighted by molar-refractivity contribution is 6.30. The molecule has 2 unspecified atom stereocenters. The van der Waals surface area contributed by atoms with Crippen molar-refractivity contribution in [2.45, 2.75) is 18.5 Å². The number of ether oxygens (including phenoxy) is 1. The Morgan fingerprint density at radius 1 is 1.03 bits per heavy atom. The SMILES string of the molecule is COC(=O)C(c1ccccc1)N1CCNCC1Cc1ccc(-c2ccc(Cl)cc2)cc1. The second-order valence-corrected chi connectivity index (χ2v) is 8.28. The first-order chi connectivity index (χ1) is 15.2. The Balaban J connectivity index is 1.54. The van der Waals surface area contributed by atoms with E-state index in [4.69, 9.17) is 16.3 Å². The summed E-state index contributed by atoms with van der Waals surface area (Å²) in [7, 11) is 1.46. The number of piperazine rings is 1. The molecule has 31 heavy (non-hydrogen) atoms. The molecule has 2 atom stereocenters. The molecule has 0 aliphatic carbocycles. The van der Waals surface area contributed by atoms with E-state index in [0.717, 1.165) is 47.8 Å². The number of hydrogen-bond acceptors (Lipinski definition) is 4. The first-order valence-corrected chi connectivity index (χ1v) is 11.0. The standard InChI is InChI=1S/C26H27ClN2O2/c1-31-26(30)25(22-5-3-2-4-6-22)29-16-15-28-18-24(29)17-19-7-9-20(10-8-19)21-11-13-23(27)14-12-21/h2-14,24-25,28H,15-18H2,1H3. The van der Waals surface area contributed by atoms with Crippen molar-refractivity contribution >= 4 is 17.6 Å². The van der Waals surface area contributed by atoms with Gasteiger partial charge >= 0.3 is 5.97 Å². The fourth-order valence-corrected chi connectivity index (χ4v) is 4.39. The minimum Gasteiger partial charge on any atom is -0.468 e. The van der Waals surface area contributed by atoms with Gasteiger partial charge in [0.25, 0.3) is 0 Å². The third kappa shape index (κ3) is 5.16. The van der Waals surface area contributed by atoms with Crippen LogP contribution in [0.15, 0.2) is 78.9 Å². The van der Waals surface area contributed by atoms with Gasteiger partial charge in [-0.25, -0.2) is 4.79 Å². The van der Waals surface area contributed by atoms with E-state index in [1.807, 2.05) is 54.6 Å². The van der Waals surface area contributed by atoms with Crippen molar-refractivity contribution in [3.8, 4) is 11.1 Å². The first-order valence-electron chi connectivity index (χ1n) is 10.6. The molecule has 1 N–H and O–H groups in total. The highest BCUT2D eigenvalue weighted by Gasteiger charge is 2.35. The zero-order valence-electron chi connectivity index (χ0n) is 17.6. The molecule has 1 heterocycles. The third-order valence-electron chi connectivity index (χ3n) is 5.87. The molecular weight excluding hydrogens is 408 g/mol. The molecule has 0 amide bonds. The smallest absolute Gasteiger partial charge is 0.327 e. The Kier molecular flexibility index (Phi) is 7.03. The first kappa shape index (κ1) is 21.6. The molecule has 0 radical (unpaired) electrons. The number of esters is 1. The van der Waals surface area contributed by atoms with E-state index in [0.29, 0.717) is 0 Å². The second kappa shape index (κ2) is 10.1. The molecule has 4 nitrogen and oxygen atoms in total. The highest BCUT2D eigenvalue weighted by Crippen LogP contribution is 2.28. The van der Waals surface area contributed by atoms with E-state index in [-0.39, 0.29) is 12.0 Å². The number of carbonyl (C=O) groups excluding carboxylic acids is 1. The summed E-state index contributed by atoms with van der Waals surface area (Å²) in [6.45, 7) is 2.48. The lowest BCUT2D eigenvalue weighted by Gasteiger charge is -2.40. The Bertz CT molecular complexity index is 990. The molecule has 0 aromatic heterocycles. The topological polar surface area (TPSA) is 41.6 Å². The van der Waals surface area contributed by atoms with Gasteiger partial charge < -0.3 is 10.1 Å². The molecule has 0 bridgehead atoms. The summed E-state index contributed by atoms with van der Waals surface area (Å²) in [5.74, 6) is -0.212. The van der Waals surface area contributed by atoms with Gasteiger partial charge in [-0.3, -0.25) is 4.90 Å². The molecule has 160 valence electrons. The number of methoxy groups -OCH3 is 1. The van der Waals surface area contributed by atoms with E-state index < -0.39 is 6.04 Å². The maximum atomic E-state index is 12.7. The molecule has 0 spiro atoms. The number of rotatable bonds is 6. The van der Waals surface area contributed by atoms with Gasteiger partial charge in [0.15, 0.2) is 0 Å². The number of hydrogen-bond donors (Lipinski definition) is 1. The highest BCUT2D eigenvalue weighted by atomic mass is 35.5. The van der Waals surface area contributed by atoms with Crippen LogP contribution in [0.25, 0.3) is 11.1 Å². The monoisotopic (exact) mass is 434 g/mol. The summed E-state index contributed by atoms with van der Waals surface area (Å²) >= 11 is 6.01. The van der Waals surface area contributed by atoms with Crippen molar-refractivity contribution in [2.75, 3.05) is 26.7 Å². The van der Waals surface area contributed by atoms with Gasteiger partial charge in [-0.2, -0.15) is 0 Å². The summed E-state index contributed by atoms with van der Waals surface area (Å²) in [5.41, 5.74) is 4.52. The number of nitrogens with zero attached hydrogens (tertiary/aromatic N) is 1. The lowest BCUT2D eigenvalue weighted by molar-refractivity contribution is -0.148. The van der Waals surface area contributed by atoms with E-state index >= 15 is 0 Å². The van der Waals surface area contributed by atoms with E-state index in [2.05, 4.69) is 34.5 Å². The molecule has 1 aliphatic heterocycles. The van der Waals surface area contributed by atoms with Crippen LogP contribution in [0.2, 0.25) is 5.02 Å². The number of halogens is 1. The van der Waals surface area contributed by atoms with Crippen LogP contribution in [0.3, 0.4) is 0 Å². The van der Waals surface area contributed by atoms with E-state index in [1.165, 1.54) is 12.7 Å². The van der Waals surface area contributed by atoms with Crippen molar-refractivity contribution in [1.29, 1.82) is 0 Å². The molecular formula is C26H27ClN2O2. The molecule has 5 heteroatoms. The Hall–Kier alpha value is -2.66. The number of benzene rings is 3. The normalized spacial score (nSPS) is 17.8. The van der Waals surface area contributed by atoms with Crippen LogP contribution in [0.5, 0.6) is 0 Å². The zero-order valence-corrected chi connectivity index (χ0v) is 18.4. The molecule has 3 aromatic rings. The average molecular weight is 435 g/mol. The Morgan fingerprint density at radius 3 is 2.32 bits per heavy atom. The maximum absolute atomic E-state index is 12.7.